The van der Waals surface area contributed by atoms with Crippen LogP contribution in [0, 0.1) is 0 Å². The second-order valence-electron chi connectivity index (χ2n) is 9.98. The summed E-state index contributed by atoms with van der Waals surface area (Å²) in [6.07, 6.45) is 2.32. The van der Waals surface area contributed by atoms with Crippen molar-refractivity contribution in [3.8, 4) is 11.4 Å². The lowest BCUT2D eigenvalue weighted by atomic mass is 10.1. The molecule has 210 valence electrons. The predicted octanol–water partition coefficient (Wildman–Crippen LogP) is 7.72. The van der Waals surface area contributed by atoms with Crippen LogP contribution in [0.2, 0.25) is 0 Å². The van der Waals surface area contributed by atoms with Gasteiger partial charge in [0.15, 0.2) is 0 Å². The Bertz CT molecular complexity index is 1710. The molecule has 1 heterocycles. The average Bonchev–Trinajstić information content (AvgIpc) is 3.00. The van der Waals surface area contributed by atoms with Crippen molar-refractivity contribution < 1.29 is 9.53 Å². The van der Waals surface area contributed by atoms with Crippen molar-refractivity contribution in [3.63, 3.8) is 0 Å². The first-order chi connectivity index (χ1) is 20.0. The molecule has 0 aliphatic rings. The van der Waals surface area contributed by atoms with Gasteiger partial charge in [-0.05, 0) is 67.6 Å². The summed E-state index contributed by atoms with van der Waals surface area (Å²) >= 11 is 0. The van der Waals surface area contributed by atoms with E-state index in [1.807, 2.05) is 104 Å². The summed E-state index contributed by atoms with van der Waals surface area (Å²) in [7, 11) is 0. The van der Waals surface area contributed by atoms with Crippen LogP contribution in [-0.2, 0) is 0 Å². The van der Waals surface area contributed by atoms with Gasteiger partial charge < -0.3 is 15.0 Å². The molecule has 2 amide bonds. The standard InChI is InChI=1S/C34H36N4O3/c1-4-7-23-37(34(40)36-29-18-12-14-24-13-8-9-15-27(24)29)31(5-2)32-35-30-17-11-10-16-28(30)33(39)38(32)25-19-21-26(22-20-25)41-6-3/h8-22,31H,4-7,23H2,1-3H3,(H,36,40). The van der Waals surface area contributed by atoms with Crippen LogP contribution in [-0.4, -0.2) is 33.6 Å². The number of unbranched alkanes of at least 4 members (excludes halogenated alkanes) is 1. The highest BCUT2D eigenvalue weighted by Crippen LogP contribution is 2.29. The van der Waals surface area contributed by atoms with E-state index in [1.165, 1.54) is 0 Å². The van der Waals surface area contributed by atoms with Crippen molar-refractivity contribution in [2.75, 3.05) is 18.5 Å². The predicted molar refractivity (Wildman–Crippen MR) is 166 cm³/mol. The maximum Gasteiger partial charge on any atom is 0.322 e. The van der Waals surface area contributed by atoms with Crippen LogP contribution >= 0.6 is 0 Å². The van der Waals surface area contributed by atoms with Gasteiger partial charge in [-0.15, -0.1) is 0 Å². The van der Waals surface area contributed by atoms with Gasteiger partial charge in [0.1, 0.15) is 11.6 Å². The minimum atomic E-state index is -0.444. The van der Waals surface area contributed by atoms with Gasteiger partial charge in [-0.25, -0.2) is 9.78 Å². The van der Waals surface area contributed by atoms with Crippen molar-refractivity contribution in [1.29, 1.82) is 0 Å². The summed E-state index contributed by atoms with van der Waals surface area (Å²) in [5.74, 6) is 1.26. The number of carbonyl (C=O) groups is 1. The van der Waals surface area contributed by atoms with Crippen LogP contribution in [0.15, 0.2) is 95.8 Å². The number of nitrogens with one attached hydrogen (secondary N) is 1. The van der Waals surface area contributed by atoms with Crippen molar-refractivity contribution in [2.24, 2.45) is 0 Å². The number of fused-ring (bicyclic) bond motifs is 2. The second kappa shape index (κ2) is 12.7. The summed E-state index contributed by atoms with van der Waals surface area (Å²) in [5, 5.41) is 5.72. The Labute approximate surface area is 240 Å². The molecule has 41 heavy (non-hydrogen) atoms. The summed E-state index contributed by atoms with van der Waals surface area (Å²) in [6, 6.07) is 28.0. The number of amides is 2. The first-order valence-electron chi connectivity index (χ1n) is 14.4. The normalized spacial score (nSPS) is 11.9. The van der Waals surface area contributed by atoms with Crippen LogP contribution in [0.3, 0.4) is 0 Å². The van der Waals surface area contributed by atoms with Crippen LogP contribution in [0.25, 0.3) is 27.4 Å². The van der Waals surface area contributed by atoms with E-state index in [0.29, 0.717) is 42.0 Å². The fourth-order valence-electron chi connectivity index (χ4n) is 5.27. The molecule has 0 bridgehead atoms. The van der Waals surface area contributed by atoms with Gasteiger partial charge in [0.05, 0.1) is 34.9 Å². The quantitative estimate of drug-likeness (QED) is 0.194. The fraction of sp³-hybridized carbons (Fsp3) is 0.265. The van der Waals surface area contributed by atoms with E-state index in [4.69, 9.17) is 9.72 Å². The molecular formula is C34H36N4O3. The Morgan fingerprint density at radius 3 is 2.34 bits per heavy atom. The summed E-state index contributed by atoms with van der Waals surface area (Å²) in [5.41, 5.74) is 1.87. The number of aromatic nitrogens is 2. The van der Waals surface area contributed by atoms with E-state index in [0.717, 1.165) is 35.1 Å². The number of carbonyl (C=O) groups excluding carboxylic acids is 1. The van der Waals surface area contributed by atoms with Crippen molar-refractivity contribution in [3.05, 3.63) is 107 Å². The van der Waals surface area contributed by atoms with Gasteiger partial charge in [-0.1, -0.05) is 68.8 Å². The summed E-state index contributed by atoms with van der Waals surface area (Å²) in [6.45, 7) is 7.14. The first kappa shape index (κ1) is 27.9. The van der Waals surface area contributed by atoms with Gasteiger partial charge in [-0.2, -0.15) is 0 Å². The van der Waals surface area contributed by atoms with E-state index in [-0.39, 0.29) is 11.6 Å². The number of para-hydroxylation sites is 1. The Morgan fingerprint density at radius 1 is 0.902 bits per heavy atom. The van der Waals surface area contributed by atoms with E-state index in [2.05, 4.69) is 12.2 Å². The Hall–Kier alpha value is -4.65. The second-order valence-corrected chi connectivity index (χ2v) is 9.98. The van der Waals surface area contributed by atoms with Crippen LogP contribution in [0.5, 0.6) is 5.75 Å². The monoisotopic (exact) mass is 548 g/mol. The van der Waals surface area contributed by atoms with E-state index in [1.54, 1.807) is 10.6 Å². The number of benzene rings is 4. The number of rotatable bonds is 10. The Balaban J connectivity index is 1.62. The molecule has 0 radical (unpaired) electrons. The zero-order valence-electron chi connectivity index (χ0n) is 23.8. The smallest absolute Gasteiger partial charge is 0.322 e. The highest BCUT2D eigenvalue weighted by Gasteiger charge is 2.29. The van der Waals surface area contributed by atoms with Crippen LogP contribution < -0.4 is 15.6 Å². The third-order valence-electron chi connectivity index (χ3n) is 7.31. The average molecular weight is 549 g/mol. The number of hydrogen-bond donors (Lipinski definition) is 1. The molecule has 0 aliphatic heterocycles. The minimum absolute atomic E-state index is 0.168. The lowest BCUT2D eigenvalue weighted by Gasteiger charge is -2.32. The van der Waals surface area contributed by atoms with Crippen molar-refractivity contribution in [1.82, 2.24) is 14.5 Å². The van der Waals surface area contributed by atoms with Crippen molar-refractivity contribution in [2.45, 2.75) is 46.1 Å². The SMILES string of the molecule is CCCCN(C(=O)Nc1cccc2ccccc12)C(CC)c1nc2ccccc2c(=O)n1-c1ccc(OCC)cc1. The number of anilines is 1. The van der Waals surface area contributed by atoms with E-state index >= 15 is 0 Å². The Kier molecular flexibility index (Phi) is 8.63. The Morgan fingerprint density at radius 2 is 1.61 bits per heavy atom. The molecule has 0 saturated carbocycles. The van der Waals surface area contributed by atoms with E-state index in [9.17, 15) is 9.59 Å². The third-order valence-corrected chi connectivity index (χ3v) is 7.31. The number of ether oxygens (including phenoxy) is 1. The minimum Gasteiger partial charge on any atom is -0.494 e. The fourth-order valence-corrected chi connectivity index (χ4v) is 5.27. The summed E-state index contributed by atoms with van der Waals surface area (Å²) in [4.78, 5) is 34.9. The van der Waals surface area contributed by atoms with Gasteiger partial charge in [0.25, 0.3) is 5.56 Å². The summed E-state index contributed by atoms with van der Waals surface area (Å²) < 4.78 is 7.28. The number of hydrogen-bond acceptors (Lipinski definition) is 4. The van der Waals surface area contributed by atoms with Gasteiger partial charge >= 0.3 is 6.03 Å². The van der Waals surface area contributed by atoms with Gasteiger partial charge in [0, 0.05) is 11.9 Å². The lowest BCUT2D eigenvalue weighted by molar-refractivity contribution is 0.180. The molecule has 7 nitrogen and oxygen atoms in total. The molecule has 1 atom stereocenters. The highest BCUT2D eigenvalue weighted by molar-refractivity contribution is 6.01. The van der Waals surface area contributed by atoms with Crippen LogP contribution in [0.1, 0.15) is 51.9 Å². The molecule has 0 spiro atoms. The third kappa shape index (κ3) is 5.80. The zero-order chi connectivity index (χ0) is 28.8. The molecule has 7 heteroatoms. The molecule has 0 fully saturated rings. The molecule has 4 aromatic carbocycles. The van der Waals surface area contributed by atoms with Crippen LogP contribution in [0.4, 0.5) is 10.5 Å². The largest absolute Gasteiger partial charge is 0.494 e. The maximum atomic E-state index is 14.0. The molecule has 1 unspecified atom stereocenters. The molecule has 1 aromatic heterocycles. The van der Waals surface area contributed by atoms with E-state index < -0.39 is 6.04 Å². The highest BCUT2D eigenvalue weighted by atomic mass is 16.5. The molecule has 5 rings (SSSR count). The first-order valence-corrected chi connectivity index (χ1v) is 14.4. The zero-order valence-corrected chi connectivity index (χ0v) is 23.8. The topological polar surface area (TPSA) is 76.5 Å². The molecular weight excluding hydrogens is 512 g/mol. The van der Waals surface area contributed by atoms with Gasteiger partial charge in [0.2, 0.25) is 0 Å². The molecule has 5 aromatic rings. The van der Waals surface area contributed by atoms with Gasteiger partial charge in [-0.3, -0.25) is 9.36 Å². The molecule has 1 N–H and O–H groups in total. The number of urea groups is 1. The maximum absolute atomic E-state index is 14.0. The molecule has 0 aliphatic carbocycles. The number of nitrogens with zero attached hydrogens (tertiary/aromatic N) is 3. The molecule has 0 saturated heterocycles. The lowest BCUT2D eigenvalue weighted by Crippen LogP contribution is -2.41. The van der Waals surface area contributed by atoms with Crippen molar-refractivity contribution >= 4 is 33.4 Å².